The predicted molar refractivity (Wildman–Crippen MR) is 92.9 cm³/mol. The van der Waals surface area contributed by atoms with Crippen molar-refractivity contribution in [3.63, 3.8) is 0 Å². The predicted octanol–water partition coefficient (Wildman–Crippen LogP) is 3.42. The second-order valence-corrected chi connectivity index (χ2v) is 5.51. The maximum atomic E-state index is 8.95. The van der Waals surface area contributed by atoms with Crippen molar-refractivity contribution in [1.82, 2.24) is 9.97 Å². The van der Waals surface area contributed by atoms with E-state index in [-0.39, 0.29) is 5.57 Å². The molecule has 0 saturated heterocycles. The van der Waals surface area contributed by atoms with Gasteiger partial charge in [0.05, 0.1) is 0 Å². The molecule has 0 bridgehead atoms. The van der Waals surface area contributed by atoms with Crippen molar-refractivity contribution in [1.29, 1.82) is 10.5 Å². The first-order chi connectivity index (χ1) is 11.8. The minimum Gasteiger partial charge on any atom is -0.341 e. The molecule has 0 radical (unpaired) electrons. The molecule has 4 nitrogen and oxygen atoms in total. The molecule has 3 aromatic carbocycles. The standard InChI is InChI=1S/C20H12N4/c21-11-16(12-22)13-7-9-15(10-8-13)20-23-17-5-1-3-14-4-2-6-18(24-20)19(14)17/h1-10,23-24H. The number of aromatic nitrogens is 2. The molecule has 1 aromatic heterocycles. The number of aromatic amines is 2. The van der Waals surface area contributed by atoms with Gasteiger partial charge in [-0.25, -0.2) is 0 Å². The summed E-state index contributed by atoms with van der Waals surface area (Å²) in [5, 5.41) is 21.8. The van der Waals surface area contributed by atoms with Gasteiger partial charge in [-0.1, -0.05) is 48.5 Å². The molecule has 0 aliphatic carbocycles. The summed E-state index contributed by atoms with van der Waals surface area (Å²) in [6, 6.07) is 23.5. The van der Waals surface area contributed by atoms with E-state index in [2.05, 4.69) is 34.2 Å². The van der Waals surface area contributed by atoms with E-state index in [9.17, 15) is 0 Å². The van der Waals surface area contributed by atoms with Crippen molar-refractivity contribution in [2.75, 3.05) is 0 Å². The monoisotopic (exact) mass is 308 g/mol. The Morgan fingerprint density at radius 3 is 1.88 bits per heavy atom. The van der Waals surface area contributed by atoms with Gasteiger partial charge in [0.25, 0.3) is 0 Å². The van der Waals surface area contributed by atoms with Gasteiger partial charge in [-0.3, -0.25) is 0 Å². The van der Waals surface area contributed by atoms with Crippen molar-refractivity contribution in [2.45, 2.75) is 0 Å². The average molecular weight is 308 g/mol. The average Bonchev–Trinajstić information content (AvgIpc) is 2.64. The van der Waals surface area contributed by atoms with Crippen LogP contribution in [0.4, 0.5) is 0 Å². The van der Waals surface area contributed by atoms with Crippen molar-refractivity contribution in [3.8, 4) is 12.1 Å². The van der Waals surface area contributed by atoms with Crippen LogP contribution in [0.2, 0.25) is 0 Å². The number of hydrogen-bond acceptors (Lipinski definition) is 2. The van der Waals surface area contributed by atoms with Crippen LogP contribution in [0.15, 0.2) is 60.7 Å². The number of benzene rings is 3. The van der Waals surface area contributed by atoms with Crippen LogP contribution in [0.3, 0.4) is 0 Å². The molecule has 4 rings (SSSR count). The molecule has 4 aromatic rings. The number of nitriles is 2. The number of nitrogens with zero attached hydrogens (tertiary/aromatic N) is 2. The lowest BCUT2D eigenvalue weighted by Gasteiger charge is -2.06. The molecule has 4 heteroatoms. The third-order valence-corrected chi connectivity index (χ3v) is 4.11. The number of nitrogens with one attached hydrogen (secondary N) is 2. The van der Waals surface area contributed by atoms with Gasteiger partial charge in [-0.2, -0.15) is 10.5 Å². The second-order valence-electron chi connectivity index (χ2n) is 5.51. The summed E-state index contributed by atoms with van der Waals surface area (Å²) < 4.78 is 0. The molecule has 0 saturated carbocycles. The van der Waals surface area contributed by atoms with E-state index in [1.807, 2.05) is 36.4 Å². The number of hydrogen-bond donors (Lipinski definition) is 2. The lowest BCUT2D eigenvalue weighted by Crippen LogP contribution is -2.02. The highest BCUT2D eigenvalue weighted by atomic mass is 14.8. The van der Waals surface area contributed by atoms with E-state index >= 15 is 0 Å². The van der Waals surface area contributed by atoms with Gasteiger partial charge in [-0.05, 0) is 17.5 Å². The first-order valence-electron chi connectivity index (χ1n) is 7.51. The number of H-pyrrole nitrogens is 2. The van der Waals surface area contributed by atoms with Crippen LogP contribution < -0.4 is 5.22 Å². The fraction of sp³-hybridized carbons (Fsp3) is 0. The molecule has 0 aliphatic heterocycles. The van der Waals surface area contributed by atoms with E-state index in [1.54, 1.807) is 12.1 Å². The minimum atomic E-state index is 0.117. The lowest BCUT2D eigenvalue weighted by molar-refractivity contribution is 1.15. The summed E-state index contributed by atoms with van der Waals surface area (Å²) in [5.74, 6) is 0. The quantitative estimate of drug-likeness (QED) is 0.522. The van der Waals surface area contributed by atoms with Crippen LogP contribution in [0.5, 0.6) is 0 Å². The van der Waals surface area contributed by atoms with E-state index < -0.39 is 0 Å². The van der Waals surface area contributed by atoms with Crippen LogP contribution in [0, 0.1) is 33.4 Å². The zero-order valence-electron chi connectivity index (χ0n) is 12.7. The smallest absolute Gasteiger partial charge is 0.136 e. The van der Waals surface area contributed by atoms with Crippen LogP contribution in [0.25, 0.3) is 27.4 Å². The maximum Gasteiger partial charge on any atom is 0.136 e. The zero-order chi connectivity index (χ0) is 16.5. The summed E-state index contributed by atoms with van der Waals surface area (Å²) in [5.41, 5.74) is 3.11. The van der Waals surface area contributed by atoms with E-state index in [4.69, 9.17) is 10.5 Å². The third-order valence-electron chi connectivity index (χ3n) is 4.11. The first kappa shape index (κ1) is 13.9. The summed E-state index contributed by atoms with van der Waals surface area (Å²) in [6.45, 7) is 0. The molecule has 112 valence electrons. The van der Waals surface area contributed by atoms with Crippen LogP contribution in [-0.2, 0) is 0 Å². The second kappa shape index (κ2) is 5.46. The van der Waals surface area contributed by atoms with E-state index in [0.29, 0.717) is 5.22 Å². The third kappa shape index (κ3) is 2.15. The summed E-state index contributed by atoms with van der Waals surface area (Å²) in [6.07, 6.45) is 0. The van der Waals surface area contributed by atoms with Gasteiger partial charge in [0.2, 0.25) is 0 Å². The first-order valence-corrected chi connectivity index (χ1v) is 7.51. The highest BCUT2D eigenvalue weighted by molar-refractivity contribution is 6.06. The molecule has 0 spiro atoms. The zero-order valence-corrected chi connectivity index (χ0v) is 12.7. The van der Waals surface area contributed by atoms with Crippen molar-refractivity contribution in [2.24, 2.45) is 0 Å². The van der Waals surface area contributed by atoms with Crippen molar-refractivity contribution < 1.29 is 0 Å². The van der Waals surface area contributed by atoms with Crippen molar-refractivity contribution >= 4 is 27.4 Å². The van der Waals surface area contributed by atoms with Gasteiger partial charge in [0.15, 0.2) is 0 Å². The minimum absolute atomic E-state index is 0.117. The van der Waals surface area contributed by atoms with E-state index in [0.717, 1.165) is 21.7 Å². The summed E-state index contributed by atoms with van der Waals surface area (Å²) in [7, 11) is 0. The van der Waals surface area contributed by atoms with Crippen LogP contribution >= 0.6 is 0 Å². The Morgan fingerprint density at radius 1 is 0.750 bits per heavy atom. The number of rotatable bonds is 0. The largest absolute Gasteiger partial charge is 0.341 e. The molecule has 1 heterocycles. The SMILES string of the molecule is N#CC(C#N)=c1ccc(=c2[nH]c3cccc4cccc([nH]2)c43)cc1. The normalized spacial score (nSPS) is 10.4. The van der Waals surface area contributed by atoms with Crippen molar-refractivity contribution in [3.05, 3.63) is 76.6 Å². The highest BCUT2D eigenvalue weighted by Gasteiger charge is 2.01. The van der Waals surface area contributed by atoms with Gasteiger partial charge in [0, 0.05) is 26.9 Å². The fourth-order valence-corrected chi connectivity index (χ4v) is 2.95. The Labute approximate surface area is 137 Å². The molecule has 0 unspecified atom stereocenters. The molecule has 0 aliphatic rings. The summed E-state index contributed by atoms with van der Waals surface area (Å²) >= 11 is 0. The Balaban J connectivity index is 2.10. The molecular weight excluding hydrogens is 296 g/mol. The Kier molecular flexibility index (Phi) is 3.16. The van der Waals surface area contributed by atoms with Gasteiger partial charge in [-0.15, -0.1) is 0 Å². The Hall–Kier alpha value is -3.76. The Bertz CT molecular complexity index is 1230. The lowest BCUT2D eigenvalue weighted by atomic mass is 10.1. The topological polar surface area (TPSA) is 79.2 Å². The summed E-state index contributed by atoms with van der Waals surface area (Å²) in [4.78, 5) is 6.85. The molecule has 0 fully saturated rings. The van der Waals surface area contributed by atoms with Gasteiger partial charge in [0.1, 0.15) is 23.2 Å². The maximum absolute atomic E-state index is 8.95. The molecule has 2 N–H and O–H groups in total. The molecule has 0 amide bonds. The van der Waals surface area contributed by atoms with E-state index in [1.165, 1.54) is 10.8 Å². The highest BCUT2D eigenvalue weighted by Crippen LogP contribution is 2.23. The van der Waals surface area contributed by atoms with Crippen LogP contribution in [0.1, 0.15) is 0 Å². The molecule has 24 heavy (non-hydrogen) atoms. The Morgan fingerprint density at radius 2 is 1.33 bits per heavy atom. The molecular formula is C20H12N4. The molecule has 0 atom stereocenters. The van der Waals surface area contributed by atoms with Crippen LogP contribution in [-0.4, -0.2) is 9.97 Å². The fourth-order valence-electron chi connectivity index (χ4n) is 2.95. The van der Waals surface area contributed by atoms with Gasteiger partial charge < -0.3 is 9.97 Å². The van der Waals surface area contributed by atoms with Gasteiger partial charge >= 0.3 is 0 Å².